The number of thiophene rings is 1. The molecule has 2 aromatic rings. The lowest BCUT2D eigenvalue weighted by Gasteiger charge is -2.27. The highest BCUT2D eigenvalue weighted by molar-refractivity contribution is 7.17. The second-order valence-corrected chi connectivity index (χ2v) is 7.24. The molecular formula is C17H18FNS. The number of hydrogen-bond acceptors (Lipinski definition) is 2. The second kappa shape index (κ2) is 4.08. The van der Waals surface area contributed by atoms with E-state index in [1.165, 1.54) is 41.5 Å². The van der Waals surface area contributed by atoms with Gasteiger partial charge in [-0.3, -0.25) is 0 Å². The van der Waals surface area contributed by atoms with Crippen molar-refractivity contribution in [2.45, 2.75) is 26.2 Å². The number of hydrogen-bond donors (Lipinski definition) is 1. The Morgan fingerprint density at radius 3 is 3.05 bits per heavy atom. The molecule has 0 amide bonds. The van der Waals surface area contributed by atoms with Crippen LogP contribution in [0.3, 0.4) is 0 Å². The Labute approximate surface area is 122 Å². The minimum absolute atomic E-state index is 0.145. The van der Waals surface area contributed by atoms with Crippen molar-refractivity contribution in [2.75, 3.05) is 7.05 Å². The fourth-order valence-electron chi connectivity index (χ4n) is 4.25. The standard InChI is InChI=1S/C17H18FNS/c1-17-6-5-10(8-17)15(16(17)19-2)13-9-20-14-7-11(18)3-4-12(13)14/h3-4,7,9-10,19H,5-6,8H2,1-2H3/t10-,17+/m1/s1. The number of halogens is 1. The van der Waals surface area contributed by atoms with Crippen LogP contribution in [-0.2, 0) is 0 Å². The summed E-state index contributed by atoms with van der Waals surface area (Å²) in [4.78, 5) is 0. The highest BCUT2D eigenvalue weighted by Gasteiger charge is 2.48. The summed E-state index contributed by atoms with van der Waals surface area (Å²) < 4.78 is 14.4. The molecule has 2 aliphatic carbocycles. The van der Waals surface area contributed by atoms with Crippen LogP contribution in [0, 0.1) is 17.2 Å². The van der Waals surface area contributed by atoms with Crippen LogP contribution in [0.5, 0.6) is 0 Å². The number of rotatable bonds is 2. The van der Waals surface area contributed by atoms with E-state index in [1.807, 2.05) is 13.1 Å². The van der Waals surface area contributed by atoms with E-state index < -0.39 is 0 Å². The number of nitrogens with one attached hydrogen (secondary N) is 1. The molecule has 1 saturated carbocycles. The molecule has 2 aliphatic rings. The van der Waals surface area contributed by atoms with Gasteiger partial charge in [0, 0.05) is 28.2 Å². The minimum Gasteiger partial charge on any atom is -0.391 e. The molecule has 1 fully saturated rings. The van der Waals surface area contributed by atoms with Gasteiger partial charge in [-0.15, -0.1) is 11.3 Å². The summed E-state index contributed by atoms with van der Waals surface area (Å²) in [5, 5.41) is 6.87. The fourth-order valence-corrected chi connectivity index (χ4v) is 5.23. The first-order valence-electron chi connectivity index (χ1n) is 7.22. The Kier molecular flexibility index (Phi) is 2.53. The van der Waals surface area contributed by atoms with Gasteiger partial charge in [0.1, 0.15) is 5.82 Å². The topological polar surface area (TPSA) is 12.0 Å². The van der Waals surface area contributed by atoms with Crippen LogP contribution in [0.2, 0.25) is 0 Å². The van der Waals surface area contributed by atoms with E-state index in [9.17, 15) is 4.39 Å². The Morgan fingerprint density at radius 2 is 2.25 bits per heavy atom. The molecule has 0 saturated heterocycles. The quantitative estimate of drug-likeness (QED) is 0.837. The lowest BCUT2D eigenvalue weighted by molar-refractivity contribution is 0.404. The highest BCUT2D eigenvalue weighted by atomic mass is 32.1. The van der Waals surface area contributed by atoms with E-state index >= 15 is 0 Å². The SMILES string of the molecule is CNC1=C(c2csc3cc(F)ccc23)[C@@H]2CC[C@@]1(C)C2. The van der Waals surface area contributed by atoms with Crippen LogP contribution in [0.1, 0.15) is 31.7 Å². The van der Waals surface area contributed by atoms with Gasteiger partial charge in [-0.05, 0) is 53.8 Å². The molecule has 1 N–H and O–H groups in total. The van der Waals surface area contributed by atoms with E-state index in [0.29, 0.717) is 11.3 Å². The molecule has 104 valence electrons. The molecule has 0 spiro atoms. The minimum atomic E-state index is -0.145. The van der Waals surface area contributed by atoms with Gasteiger partial charge in [-0.1, -0.05) is 13.0 Å². The first kappa shape index (κ1) is 12.4. The molecule has 0 aliphatic heterocycles. The van der Waals surface area contributed by atoms with Crippen LogP contribution < -0.4 is 5.32 Å². The molecule has 1 nitrogen and oxygen atoms in total. The molecule has 2 bridgehead atoms. The predicted octanol–water partition coefficient (Wildman–Crippen LogP) is 4.79. The van der Waals surface area contributed by atoms with E-state index in [0.717, 1.165) is 4.70 Å². The summed E-state index contributed by atoms with van der Waals surface area (Å²) in [5.41, 5.74) is 4.54. The molecule has 1 aromatic carbocycles. The van der Waals surface area contributed by atoms with Crippen LogP contribution in [-0.4, -0.2) is 7.05 Å². The molecule has 3 heteroatoms. The summed E-state index contributed by atoms with van der Waals surface area (Å²) in [6.45, 7) is 2.38. The van der Waals surface area contributed by atoms with Gasteiger partial charge in [0.05, 0.1) is 0 Å². The van der Waals surface area contributed by atoms with Crippen molar-refractivity contribution in [1.82, 2.24) is 5.32 Å². The average molecular weight is 287 g/mol. The van der Waals surface area contributed by atoms with E-state index in [2.05, 4.69) is 17.6 Å². The summed E-state index contributed by atoms with van der Waals surface area (Å²) >= 11 is 1.65. The van der Waals surface area contributed by atoms with Gasteiger partial charge >= 0.3 is 0 Å². The first-order valence-corrected chi connectivity index (χ1v) is 8.10. The van der Waals surface area contributed by atoms with Crippen LogP contribution in [0.25, 0.3) is 15.7 Å². The van der Waals surface area contributed by atoms with Crippen molar-refractivity contribution in [1.29, 1.82) is 0 Å². The summed E-state index contributed by atoms with van der Waals surface area (Å²) in [7, 11) is 2.04. The lowest BCUT2D eigenvalue weighted by atomic mass is 9.83. The Bertz CT molecular complexity index is 730. The molecule has 20 heavy (non-hydrogen) atoms. The second-order valence-electron chi connectivity index (χ2n) is 6.33. The molecule has 0 radical (unpaired) electrons. The molecule has 1 aromatic heterocycles. The third-order valence-corrected chi connectivity index (χ3v) is 6.05. The van der Waals surface area contributed by atoms with Crippen molar-refractivity contribution in [3.05, 3.63) is 40.7 Å². The van der Waals surface area contributed by atoms with Crippen molar-refractivity contribution in [2.24, 2.45) is 11.3 Å². The molecule has 1 heterocycles. The fraction of sp³-hybridized carbons (Fsp3) is 0.412. The lowest BCUT2D eigenvalue weighted by Crippen LogP contribution is -2.23. The predicted molar refractivity (Wildman–Crippen MR) is 83.2 cm³/mol. The van der Waals surface area contributed by atoms with E-state index in [-0.39, 0.29) is 5.82 Å². The van der Waals surface area contributed by atoms with Crippen LogP contribution in [0.4, 0.5) is 4.39 Å². The monoisotopic (exact) mass is 287 g/mol. The van der Waals surface area contributed by atoms with Crippen molar-refractivity contribution in [3.63, 3.8) is 0 Å². The number of benzene rings is 1. The van der Waals surface area contributed by atoms with Gasteiger partial charge in [-0.25, -0.2) is 4.39 Å². The molecular weight excluding hydrogens is 269 g/mol. The third kappa shape index (κ3) is 1.53. The Hall–Kier alpha value is -1.35. The van der Waals surface area contributed by atoms with Crippen LogP contribution >= 0.6 is 11.3 Å². The molecule has 0 unspecified atom stereocenters. The highest BCUT2D eigenvalue weighted by Crippen LogP contribution is 2.59. The van der Waals surface area contributed by atoms with Gasteiger partial charge in [0.2, 0.25) is 0 Å². The third-order valence-electron chi connectivity index (χ3n) is 5.10. The van der Waals surface area contributed by atoms with Gasteiger partial charge in [0.15, 0.2) is 0 Å². The zero-order valence-corrected chi connectivity index (χ0v) is 12.6. The summed E-state index contributed by atoms with van der Waals surface area (Å²) in [6.07, 6.45) is 3.83. The summed E-state index contributed by atoms with van der Waals surface area (Å²) in [6, 6.07) is 5.16. The Balaban J connectivity index is 1.95. The summed E-state index contributed by atoms with van der Waals surface area (Å²) in [5.74, 6) is 0.527. The van der Waals surface area contributed by atoms with Crippen molar-refractivity contribution in [3.8, 4) is 0 Å². The number of allylic oxidation sites excluding steroid dienone is 2. The zero-order chi connectivity index (χ0) is 13.9. The van der Waals surface area contributed by atoms with Gasteiger partial charge in [-0.2, -0.15) is 0 Å². The Morgan fingerprint density at radius 1 is 1.40 bits per heavy atom. The maximum Gasteiger partial charge on any atom is 0.124 e. The normalized spacial score (nSPS) is 28.6. The van der Waals surface area contributed by atoms with E-state index in [4.69, 9.17) is 0 Å². The van der Waals surface area contributed by atoms with Crippen molar-refractivity contribution < 1.29 is 4.39 Å². The van der Waals surface area contributed by atoms with E-state index in [1.54, 1.807) is 23.5 Å². The largest absolute Gasteiger partial charge is 0.391 e. The van der Waals surface area contributed by atoms with Gasteiger partial charge in [0.25, 0.3) is 0 Å². The number of fused-ring (bicyclic) bond motifs is 3. The maximum atomic E-state index is 13.4. The van der Waals surface area contributed by atoms with Crippen LogP contribution in [0.15, 0.2) is 29.3 Å². The van der Waals surface area contributed by atoms with Gasteiger partial charge < -0.3 is 5.32 Å². The first-order chi connectivity index (χ1) is 9.62. The average Bonchev–Trinajstić information content (AvgIpc) is 3.06. The smallest absolute Gasteiger partial charge is 0.124 e. The maximum absolute atomic E-state index is 13.4. The zero-order valence-electron chi connectivity index (χ0n) is 11.8. The van der Waals surface area contributed by atoms with Crippen molar-refractivity contribution >= 4 is 27.0 Å². The molecule has 2 atom stereocenters. The molecule has 4 rings (SSSR count).